The highest BCUT2D eigenvalue weighted by molar-refractivity contribution is 6.06. The van der Waals surface area contributed by atoms with Gasteiger partial charge in [0.25, 0.3) is 11.8 Å². The van der Waals surface area contributed by atoms with Crippen LogP contribution in [0.2, 0.25) is 0 Å². The molecule has 2 aromatic carbocycles. The monoisotopic (exact) mass is 534 g/mol. The molecule has 4 amide bonds. The highest BCUT2D eigenvalue weighted by Crippen LogP contribution is 2.21. The summed E-state index contributed by atoms with van der Waals surface area (Å²) in [5, 5.41) is 16.6. The van der Waals surface area contributed by atoms with Crippen LogP contribution in [-0.4, -0.2) is 64.8 Å². The number of amides is 4. The first-order chi connectivity index (χ1) is 18.7. The molecule has 10 heteroatoms. The van der Waals surface area contributed by atoms with E-state index in [1.54, 1.807) is 48.5 Å². The van der Waals surface area contributed by atoms with Crippen molar-refractivity contribution in [2.45, 2.75) is 45.2 Å². The number of carboxylic acids is 1. The quantitative estimate of drug-likeness (QED) is 0.325. The average Bonchev–Trinajstić information content (AvgIpc) is 3.41. The molecule has 1 heterocycles. The SMILES string of the molecule is CC(C)C[C@H](NC(=O)[C@@H]1CCCN1C(=O)C(=Cc1ccccc1)NC(=O)c1ccccc1)C(=O)NCC(=O)O. The van der Waals surface area contributed by atoms with Gasteiger partial charge in [0.05, 0.1) is 0 Å². The van der Waals surface area contributed by atoms with E-state index in [1.807, 2.05) is 32.0 Å². The van der Waals surface area contributed by atoms with Gasteiger partial charge in [-0.3, -0.25) is 24.0 Å². The summed E-state index contributed by atoms with van der Waals surface area (Å²) in [7, 11) is 0. The highest BCUT2D eigenvalue weighted by atomic mass is 16.4. The van der Waals surface area contributed by atoms with Gasteiger partial charge in [-0.2, -0.15) is 0 Å². The lowest BCUT2D eigenvalue weighted by Crippen LogP contribution is -2.54. The van der Waals surface area contributed by atoms with Crippen LogP contribution in [0.15, 0.2) is 66.4 Å². The fraction of sp³-hybridized carbons (Fsp3) is 0.345. The Kier molecular flexibility index (Phi) is 10.4. The summed E-state index contributed by atoms with van der Waals surface area (Å²) >= 11 is 0. The maximum atomic E-state index is 13.7. The van der Waals surface area contributed by atoms with Crippen LogP contribution in [0, 0.1) is 5.92 Å². The number of hydrogen-bond acceptors (Lipinski definition) is 5. The Morgan fingerprint density at radius 3 is 2.26 bits per heavy atom. The normalized spacial score (nSPS) is 15.9. The molecule has 39 heavy (non-hydrogen) atoms. The topological polar surface area (TPSA) is 145 Å². The number of benzene rings is 2. The van der Waals surface area contributed by atoms with Gasteiger partial charge in [-0.05, 0) is 49.0 Å². The zero-order valence-corrected chi connectivity index (χ0v) is 22.1. The molecule has 10 nitrogen and oxygen atoms in total. The van der Waals surface area contributed by atoms with Crippen LogP contribution in [0.1, 0.15) is 49.0 Å². The summed E-state index contributed by atoms with van der Waals surface area (Å²) in [5.41, 5.74) is 1.10. The van der Waals surface area contributed by atoms with E-state index < -0.39 is 48.2 Å². The molecule has 0 radical (unpaired) electrons. The second-order valence-electron chi connectivity index (χ2n) is 9.75. The van der Waals surface area contributed by atoms with Crippen molar-refractivity contribution in [2.24, 2.45) is 5.92 Å². The summed E-state index contributed by atoms with van der Waals surface area (Å²) in [5.74, 6) is -3.24. The minimum atomic E-state index is -1.19. The lowest BCUT2D eigenvalue weighted by atomic mass is 10.0. The molecule has 1 aliphatic heterocycles. The van der Waals surface area contributed by atoms with Gasteiger partial charge in [0.15, 0.2) is 0 Å². The van der Waals surface area contributed by atoms with E-state index in [0.717, 1.165) is 0 Å². The molecule has 0 spiro atoms. The largest absolute Gasteiger partial charge is 0.480 e. The third-order valence-electron chi connectivity index (χ3n) is 6.20. The fourth-order valence-electron chi connectivity index (χ4n) is 4.35. The first-order valence-electron chi connectivity index (χ1n) is 12.9. The van der Waals surface area contributed by atoms with Gasteiger partial charge >= 0.3 is 5.97 Å². The van der Waals surface area contributed by atoms with Crippen molar-refractivity contribution in [2.75, 3.05) is 13.1 Å². The van der Waals surface area contributed by atoms with Crippen molar-refractivity contribution in [3.63, 3.8) is 0 Å². The van der Waals surface area contributed by atoms with E-state index >= 15 is 0 Å². The van der Waals surface area contributed by atoms with E-state index in [-0.39, 0.29) is 11.6 Å². The molecule has 206 valence electrons. The van der Waals surface area contributed by atoms with Gasteiger partial charge in [0, 0.05) is 12.1 Å². The predicted molar refractivity (Wildman–Crippen MR) is 145 cm³/mol. The van der Waals surface area contributed by atoms with E-state index in [2.05, 4.69) is 16.0 Å². The maximum Gasteiger partial charge on any atom is 0.322 e. The average molecular weight is 535 g/mol. The molecule has 1 fully saturated rings. The lowest BCUT2D eigenvalue weighted by Gasteiger charge is -2.27. The number of hydrogen-bond donors (Lipinski definition) is 4. The zero-order chi connectivity index (χ0) is 28.4. The van der Waals surface area contributed by atoms with Crippen molar-refractivity contribution in [1.29, 1.82) is 0 Å². The van der Waals surface area contributed by atoms with Crippen LogP contribution in [0.4, 0.5) is 0 Å². The number of aliphatic carboxylic acids is 1. The molecule has 3 rings (SSSR count). The van der Waals surface area contributed by atoms with Crippen LogP contribution in [0.25, 0.3) is 6.08 Å². The van der Waals surface area contributed by atoms with Gasteiger partial charge in [0.1, 0.15) is 24.3 Å². The standard InChI is InChI=1S/C29H34N4O6/c1-19(2)16-22(27(37)30-18-25(34)35)31-28(38)24-14-9-15-33(24)29(39)23(17-20-10-5-3-6-11-20)32-26(36)21-12-7-4-8-13-21/h3-8,10-13,17,19,22,24H,9,14-16,18H2,1-2H3,(H,30,37)(H,31,38)(H,32,36)(H,34,35)/t22-,24-/m0/s1. The number of likely N-dealkylation sites (tertiary alicyclic amines) is 1. The molecule has 0 saturated carbocycles. The van der Waals surface area contributed by atoms with Crippen molar-refractivity contribution in [1.82, 2.24) is 20.9 Å². The van der Waals surface area contributed by atoms with Crippen LogP contribution in [0.3, 0.4) is 0 Å². The molecule has 4 N–H and O–H groups in total. The van der Waals surface area contributed by atoms with Crippen LogP contribution in [-0.2, 0) is 19.2 Å². The number of carbonyl (C=O) groups is 5. The fourth-order valence-corrected chi connectivity index (χ4v) is 4.35. The second kappa shape index (κ2) is 13.9. The van der Waals surface area contributed by atoms with Crippen molar-refractivity contribution in [3.05, 3.63) is 77.5 Å². The van der Waals surface area contributed by atoms with Crippen LogP contribution in [0.5, 0.6) is 0 Å². The van der Waals surface area contributed by atoms with E-state index in [0.29, 0.717) is 36.9 Å². The number of carbonyl (C=O) groups excluding carboxylic acids is 4. The Balaban J connectivity index is 1.81. The molecule has 0 aromatic heterocycles. The molecule has 0 bridgehead atoms. The summed E-state index contributed by atoms with van der Waals surface area (Å²) in [6, 6.07) is 15.7. The number of nitrogens with one attached hydrogen (secondary N) is 3. The minimum Gasteiger partial charge on any atom is -0.480 e. The van der Waals surface area contributed by atoms with Crippen molar-refractivity contribution >= 4 is 35.7 Å². The van der Waals surface area contributed by atoms with Crippen LogP contribution >= 0.6 is 0 Å². The first-order valence-corrected chi connectivity index (χ1v) is 12.9. The number of rotatable bonds is 11. The summed E-state index contributed by atoms with van der Waals surface area (Å²) in [6.45, 7) is 3.49. The Morgan fingerprint density at radius 1 is 1.00 bits per heavy atom. The van der Waals surface area contributed by atoms with E-state index in [9.17, 15) is 24.0 Å². The Bertz CT molecular complexity index is 1210. The molecule has 0 aliphatic carbocycles. The smallest absolute Gasteiger partial charge is 0.322 e. The minimum absolute atomic E-state index is 0.0210. The van der Waals surface area contributed by atoms with Crippen LogP contribution < -0.4 is 16.0 Å². The first kappa shape index (κ1) is 29.1. The summed E-state index contributed by atoms with van der Waals surface area (Å²) in [6.07, 6.45) is 2.81. The Hall–Kier alpha value is -4.47. The highest BCUT2D eigenvalue weighted by Gasteiger charge is 2.37. The van der Waals surface area contributed by atoms with Crippen molar-refractivity contribution in [3.8, 4) is 0 Å². The third kappa shape index (κ3) is 8.53. The molecule has 2 atom stereocenters. The van der Waals surface area contributed by atoms with E-state index in [1.165, 1.54) is 4.90 Å². The molecule has 1 saturated heterocycles. The Labute approximate surface area is 227 Å². The van der Waals surface area contributed by atoms with Crippen molar-refractivity contribution < 1.29 is 29.1 Å². The van der Waals surface area contributed by atoms with Gasteiger partial charge in [-0.25, -0.2) is 0 Å². The molecule has 0 unspecified atom stereocenters. The predicted octanol–water partition coefficient (Wildman–Crippen LogP) is 2.18. The molecule has 1 aliphatic rings. The number of nitrogens with zero attached hydrogens (tertiary/aromatic N) is 1. The summed E-state index contributed by atoms with van der Waals surface area (Å²) < 4.78 is 0. The third-order valence-corrected chi connectivity index (χ3v) is 6.20. The maximum absolute atomic E-state index is 13.7. The van der Waals surface area contributed by atoms with Gasteiger partial charge in [-0.1, -0.05) is 62.4 Å². The van der Waals surface area contributed by atoms with Gasteiger partial charge in [-0.15, -0.1) is 0 Å². The summed E-state index contributed by atoms with van der Waals surface area (Å²) in [4.78, 5) is 64.8. The Morgan fingerprint density at radius 2 is 1.64 bits per heavy atom. The molecule has 2 aromatic rings. The lowest BCUT2D eigenvalue weighted by molar-refractivity contribution is -0.139. The van der Waals surface area contributed by atoms with Gasteiger partial charge in [0.2, 0.25) is 11.8 Å². The molecular formula is C29H34N4O6. The molecular weight excluding hydrogens is 500 g/mol. The second-order valence-corrected chi connectivity index (χ2v) is 9.75. The number of carboxylic acid groups (broad SMARTS) is 1. The van der Waals surface area contributed by atoms with Gasteiger partial charge < -0.3 is 26.0 Å². The van der Waals surface area contributed by atoms with E-state index in [4.69, 9.17) is 5.11 Å². The zero-order valence-electron chi connectivity index (χ0n) is 22.1.